The largest absolute Gasteiger partial charge is 0.438 e. The third-order valence-corrected chi connectivity index (χ3v) is 4.39. The molecule has 0 aliphatic carbocycles. The number of carbonyl (C=O) groups excluding carboxylic acids is 1. The number of aromatic nitrogens is 1. The van der Waals surface area contributed by atoms with Gasteiger partial charge in [-0.1, -0.05) is 23.2 Å². The summed E-state index contributed by atoms with van der Waals surface area (Å²) in [4.78, 5) is 26.1. The van der Waals surface area contributed by atoms with Crippen LogP contribution in [0.15, 0.2) is 54.7 Å². The van der Waals surface area contributed by atoms with E-state index in [4.69, 9.17) is 27.9 Å². The van der Waals surface area contributed by atoms with E-state index in [9.17, 15) is 28.1 Å². The van der Waals surface area contributed by atoms with Crippen molar-refractivity contribution in [2.75, 3.05) is 5.32 Å². The van der Waals surface area contributed by atoms with E-state index in [0.29, 0.717) is 6.07 Å². The van der Waals surface area contributed by atoms with Crippen LogP contribution < -0.4 is 10.1 Å². The average Bonchev–Trinajstić information content (AvgIpc) is 2.70. The van der Waals surface area contributed by atoms with Crippen LogP contribution >= 0.6 is 23.2 Å². The highest BCUT2D eigenvalue weighted by Crippen LogP contribution is 2.38. The molecule has 31 heavy (non-hydrogen) atoms. The number of nitrogens with zero attached hydrogens (tertiary/aromatic N) is 2. The van der Waals surface area contributed by atoms with Gasteiger partial charge in [-0.2, -0.15) is 13.2 Å². The summed E-state index contributed by atoms with van der Waals surface area (Å²) in [5, 5.41) is 13.2. The molecule has 0 fully saturated rings. The topological polar surface area (TPSA) is 94.4 Å². The van der Waals surface area contributed by atoms with Crippen molar-refractivity contribution in [2.45, 2.75) is 6.18 Å². The molecule has 1 amide bonds. The first-order valence-electron chi connectivity index (χ1n) is 8.30. The lowest BCUT2D eigenvalue weighted by molar-refractivity contribution is -0.384. The number of non-ortho nitro benzene ring substituents is 1. The van der Waals surface area contributed by atoms with Gasteiger partial charge < -0.3 is 10.1 Å². The second-order valence-corrected chi connectivity index (χ2v) is 6.85. The quantitative estimate of drug-likeness (QED) is 0.345. The van der Waals surface area contributed by atoms with E-state index < -0.39 is 28.5 Å². The molecule has 1 N–H and O–H groups in total. The van der Waals surface area contributed by atoms with Crippen LogP contribution in [0.5, 0.6) is 11.6 Å². The summed E-state index contributed by atoms with van der Waals surface area (Å²) in [6.45, 7) is 0. The molecule has 12 heteroatoms. The highest BCUT2D eigenvalue weighted by Gasteiger charge is 2.36. The Balaban J connectivity index is 1.77. The van der Waals surface area contributed by atoms with Crippen LogP contribution in [0.3, 0.4) is 0 Å². The molecule has 0 unspecified atom stereocenters. The van der Waals surface area contributed by atoms with Gasteiger partial charge >= 0.3 is 6.18 Å². The van der Waals surface area contributed by atoms with Gasteiger partial charge in [-0.25, -0.2) is 4.98 Å². The van der Waals surface area contributed by atoms with Crippen LogP contribution in [0.25, 0.3) is 0 Å². The number of alkyl halides is 3. The fourth-order valence-corrected chi connectivity index (χ4v) is 2.79. The van der Waals surface area contributed by atoms with Crippen LogP contribution in [-0.2, 0) is 6.18 Å². The molecule has 160 valence electrons. The molecule has 3 rings (SSSR count). The summed E-state index contributed by atoms with van der Waals surface area (Å²) >= 11 is 11.5. The zero-order valence-electron chi connectivity index (χ0n) is 15.1. The van der Waals surface area contributed by atoms with Gasteiger partial charge in [-0.3, -0.25) is 14.9 Å². The molecule has 0 saturated carbocycles. The Kier molecular flexibility index (Phi) is 6.32. The maximum Gasteiger partial charge on any atom is 0.421 e. The zero-order chi connectivity index (χ0) is 22.8. The van der Waals surface area contributed by atoms with Crippen LogP contribution in [0.1, 0.15) is 15.9 Å². The van der Waals surface area contributed by atoms with Crippen molar-refractivity contribution in [3.63, 3.8) is 0 Å². The summed E-state index contributed by atoms with van der Waals surface area (Å²) in [7, 11) is 0. The first-order chi connectivity index (χ1) is 14.5. The lowest BCUT2D eigenvalue weighted by atomic mass is 10.2. The number of benzene rings is 2. The van der Waals surface area contributed by atoms with Crippen molar-refractivity contribution in [1.82, 2.24) is 4.98 Å². The van der Waals surface area contributed by atoms with Gasteiger partial charge in [0, 0.05) is 24.0 Å². The average molecular weight is 472 g/mol. The molecule has 1 heterocycles. The zero-order valence-corrected chi connectivity index (χ0v) is 16.6. The number of ether oxygens (including phenoxy) is 1. The monoisotopic (exact) mass is 471 g/mol. The molecule has 0 aliphatic rings. The number of halogens is 5. The van der Waals surface area contributed by atoms with E-state index in [1.807, 2.05) is 0 Å². The van der Waals surface area contributed by atoms with Gasteiger partial charge in [0.2, 0.25) is 5.88 Å². The highest BCUT2D eigenvalue weighted by atomic mass is 35.5. The van der Waals surface area contributed by atoms with Crippen LogP contribution in [0.2, 0.25) is 10.0 Å². The molecule has 3 aromatic rings. The number of nitro benzene ring substituents is 1. The van der Waals surface area contributed by atoms with Crippen LogP contribution in [0, 0.1) is 10.1 Å². The Morgan fingerprint density at radius 1 is 1.10 bits per heavy atom. The van der Waals surface area contributed by atoms with Gasteiger partial charge in [-0.15, -0.1) is 0 Å². The maximum atomic E-state index is 13.1. The van der Waals surface area contributed by atoms with E-state index in [1.54, 1.807) is 0 Å². The number of rotatable bonds is 5. The number of hydrogen-bond donors (Lipinski definition) is 1. The summed E-state index contributed by atoms with van der Waals surface area (Å²) in [6.07, 6.45) is -3.71. The lowest BCUT2D eigenvalue weighted by Gasteiger charge is -2.13. The minimum absolute atomic E-state index is 0.0107. The number of hydrogen-bond acceptors (Lipinski definition) is 5. The van der Waals surface area contributed by atoms with E-state index in [1.165, 1.54) is 30.3 Å². The number of nitrogens with one attached hydrogen (secondary N) is 1. The van der Waals surface area contributed by atoms with E-state index >= 15 is 0 Å². The molecule has 2 aromatic carbocycles. The van der Waals surface area contributed by atoms with Crippen LogP contribution in [0.4, 0.5) is 24.5 Å². The fraction of sp³-hybridized carbons (Fsp3) is 0.0526. The highest BCUT2D eigenvalue weighted by molar-refractivity contribution is 6.34. The molecule has 0 bridgehead atoms. The third kappa shape index (κ3) is 5.41. The molecule has 1 aromatic heterocycles. The fourth-order valence-electron chi connectivity index (χ4n) is 2.43. The van der Waals surface area contributed by atoms with Gasteiger partial charge in [0.25, 0.3) is 11.6 Å². The minimum atomic E-state index is -4.72. The summed E-state index contributed by atoms with van der Waals surface area (Å²) < 4.78 is 44.6. The standard InChI is InChI=1S/C19H10Cl2F3N3O4/c20-10-7-15(19(22,23)24)18(25-9-10)31-13-4-1-11(2-5-13)26-17(28)14-8-12(27(29)30)3-6-16(14)21/h1-9H,(H,26,28). The smallest absolute Gasteiger partial charge is 0.421 e. The minimum Gasteiger partial charge on any atom is -0.438 e. The number of carbonyl (C=O) groups is 1. The SMILES string of the molecule is O=C(Nc1ccc(Oc2ncc(Cl)cc2C(F)(F)F)cc1)c1cc([N+](=O)[O-])ccc1Cl. The first-order valence-corrected chi connectivity index (χ1v) is 9.06. The Morgan fingerprint density at radius 2 is 1.77 bits per heavy atom. The Labute approximate surface area is 182 Å². The Morgan fingerprint density at radius 3 is 2.39 bits per heavy atom. The van der Waals surface area contributed by atoms with Gasteiger partial charge in [0.15, 0.2) is 0 Å². The summed E-state index contributed by atoms with van der Waals surface area (Å²) in [5.41, 5.74) is -1.32. The Bertz CT molecular complexity index is 1160. The van der Waals surface area contributed by atoms with Gasteiger partial charge in [0.05, 0.1) is 20.5 Å². The number of pyridine rings is 1. The summed E-state index contributed by atoms with van der Waals surface area (Å²) in [6, 6.07) is 9.45. The number of amides is 1. The van der Waals surface area contributed by atoms with Crippen molar-refractivity contribution < 1.29 is 27.6 Å². The van der Waals surface area contributed by atoms with E-state index in [2.05, 4.69) is 10.3 Å². The van der Waals surface area contributed by atoms with Crippen molar-refractivity contribution in [3.05, 3.63) is 86.0 Å². The van der Waals surface area contributed by atoms with Crippen molar-refractivity contribution in [3.8, 4) is 11.6 Å². The molecular formula is C19H10Cl2F3N3O4. The molecule has 0 radical (unpaired) electrons. The molecule has 0 atom stereocenters. The predicted molar refractivity (Wildman–Crippen MR) is 107 cm³/mol. The van der Waals surface area contributed by atoms with Gasteiger partial charge in [-0.05, 0) is 36.4 Å². The van der Waals surface area contributed by atoms with E-state index in [0.717, 1.165) is 18.3 Å². The summed E-state index contributed by atoms with van der Waals surface area (Å²) in [5.74, 6) is -1.37. The number of anilines is 1. The van der Waals surface area contributed by atoms with Crippen molar-refractivity contribution in [2.24, 2.45) is 0 Å². The molecule has 0 saturated heterocycles. The second-order valence-electron chi connectivity index (χ2n) is 6.01. The van der Waals surface area contributed by atoms with Crippen molar-refractivity contribution >= 4 is 40.5 Å². The van der Waals surface area contributed by atoms with Crippen molar-refractivity contribution in [1.29, 1.82) is 0 Å². The molecular weight excluding hydrogens is 462 g/mol. The third-order valence-electron chi connectivity index (χ3n) is 3.86. The normalized spacial score (nSPS) is 11.1. The first kappa shape index (κ1) is 22.3. The Hall–Kier alpha value is -3.37. The molecule has 0 aliphatic heterocycles. The second kappa shape index (κ2) is 8.78. The lowest BCUT2D eigenvalue weighted by Crippen LogP contribution is -2.12. The maximum absolute atomic E-state index is 13.1. The van der Waals surface area contributed by atoms with Crippen LogP contribution in [-0.4, -0.2) is 15.8 Å². The molecule has 0 spiro atoms. The van der Waals surface area contributed by atoms with E-state index in [-0.39, 0.29) is 32.7 Å². The predicted octanol–water partition coefficient (Wildman–Crippen LogP) is 6.36. The molecule has 7 nitrogen and oxygen atoms in total. The number of nitro groups is 1. The van der Waals surface area contributed by atoms with Gasteiger partial charge in [0.1, 0.15) is 11.3 Å².